The maximum Gasteiger partial charge on any atom is 0.119 e. The molecule has 0 atom stereocenters. The third-order valence-corrected chi connectivity index (χ3v) is 4.62. The second-order valence-electron chi connectivity index (χ2n) is 7.10. The third-order valence-electron chi connectivity index (χ3n) is 4.62. The molecule has 0 aliphatic carbocycles. The van der Waals surface area contributed by atoms with Crippen LogP contribution in [0.1, 0.15) is 25.0 Å². The van der Waals surface area contributed by atoms with E-state index in [9.17, 15) is 0 Å². The molecule has 0 amide bonds. The molecule has 0 N–H and O–H groups in total. The van der Waals surface area contributed by atoms with Gasteiger partial charge >= 0.3 is 0 Å². The van der Waals surface area contributed by atoms with Gasteiger partial charge in [0.05, 0.1) is 26.4 Å². The highest BCUT2D eigenvalue weighted by Gasteiger charge is 2.23. The van der Waals surface area contributed by atoms with E-state index < -0.39 is 0 Å². The minimum absolute atomic E-state index is 0.128. The molecule has 29 heavy (non-hydrogen) atoms. The predicted molar refractivity (Wildman–Crippen MR) is 118 cm³/mol. The van der Waals surface area contributed by atoms with Gasteiger partial charge in [0.1, 0.15) is 24.7 Å². The molecular formula is C25H32O4. The molecular weight excluding hydrogens is 364 g/mol. The van der Waals surface area contributed by atoms with Crippen LogP contribution in [-0.2, 0) is 14.9 Å². The molecule has 0 aliphatic heterocycles. The summed E-state index contributed by atoms with van der Waals surface area (Å²) in [7, 11) is 0. The van der Waals surface area contributed by atoms with Crippen molar-refractivity contribution in [3.63, 3.8) is 0 Å². The van der Waals surface area contributed by atoms with Crippen molar-refractivity contribution in [1.82, 2.24) is 0 Å². The monoisotopic (exact) mass is 396 g/mol. The fourth-order valence-electron chi connectivity index (χ4n) is 2.87. The fourth-order valence-corrected chi connectivity index (χ4v) is 2.87. The van der Waals surface area contributed by atoms with E-state index in [-0.39, 0.29) is 5.41 Å². The van der Waals surface area contributed by atoms with Crippen LogP contribution in [0.2, 0.25) is 0 Å². The summed E-state index contributed by atoms with van der Waals surface area (Å²) in [5, 5.41) is 0. The van der Waals surface area contributed by atoms with Gasteiger partial charge in [0.25, 0.3) is 0 Å². The van der Waals surface area contributed by atoms with Crippen LogP contribution in [0.4, 0.5) is 0 Å². The van der Waals surface area contributed by atoms with E-state index >= 15 is 0 Å². The zero-order valence-corrected chi connectivity index (χ0v) is 17.6. The van der Waals surface area contributed by atoms with E-state index in [1.807, 2.05) is 24.3 Å². The molecule has 0 aliphatic rings. The molecule has 4 nitrogen and oxygen atoms in total. The molecule has 2 rings (SSSR count). The quantitative estimate of drug-likeness (QED) is 0.326. The molecule has 156 valence electrons. The van der Waals surface area contributed by atoms with E-state index in [1.54, 1.807) is 12.2 Å². The minimum Gasteiger partial charge on any atom is -0.491 e. The van der Waals surface area contributed by atoms with Crippen LogP contribution in [0, 0.1) is 0 Å². The molecule has 0 radical (unpaired) electrons. The second kappa shape index (κ2) is 12.1. The van der Waals surface area contributed by atoms with Crippen LogP contribution in [0.3, 0.4) is 0 Å². The van der Waals surface area contributed by atoms with Crippen molar-refractivity contribution in [3.05, 3.63) is 85.0 Å². The fraction of sp³-hybridized carbons (Fsp3) is 0.360. The molecule has 0 spiro atoms. The Bertz CT molecular complexity index is 669. The third kappa shape index (κ3) is 7.41. The second-order valence-corrected chi connectivity index (χ2v) is 7.10. The van der Waals surface area contributed by atoms with Crippen LogP contribution in [-0.4, -0.2) is 39.6 Å². The first-order valence-electron chi connectivity index (χ1n) is 9.92. The van der Waals surface area contributed by atoms with Gasteiger partial charge in [0, 0.05) is 5.41 Å². The van der Waals surface area contributed by atoms with Crippen molar-refractivity contribution >= 4 is 0 Å². The Morgan fingerprint density at radius 2 is 1.03 bits per heavy atom. The summed E-state index contributed by atoms with van der Waals surface area (Å²) in [6.07, 6.45) is 3.46. The standard InChI is InChI=1S/C25H32O4/c1-5-15-26-17-19-28-23-11-7-21(8-12-23)25(3,4)22-9-13-24(14-10-22)29-20-18-27-16-6-2/h5-14H,1-2,15-20H2,3-4H3. The summed E-state index contributed by atoms with van der Waals surface area (Å²) in [6, 6.07) is 16.5. The summed E-state index contributed by atoms with van der Waals surface area (Å²) in [5.41, 5.74) is 2.32. The summed E-state index contributed by atoms with van der Waals surface area (Å²) >= 11 is 0. The van der Waals surface area contributed by atoms with Gasteiger partial charge in [-0.05, 0) is 35.4 Å². The Labute approximate surface area is 174 Å². The first-order chi connectivity index (χ1) is 14.1. The molecule has 0 saturated carbocycles. The van der Waals surface area contributed by atoms with E-state index in [0.29, 0.717) is 39.6 Å². The van der Waals surface area contributed by atoms with E-state index in [1.165, 1.54) is 11.1 Å². The number of hydrogen-bond donors (Lipinski definition) is 0. The SMILES string of the molecule is C=CCOCCOc1ccc(C(C)(C)c2ccc(OCCOCC=C)cc2)cc1. The molecule has 0 fully saturated rings. The zero-order chi connectivity index (χ0) is 21.0. The molecule has 0 bridgehead atoms. The van der Waals surface area contributed by atoms with E-state index in [4.69, 9.17) is 18.9 Å². The van der Waals surface area contributed by atoms with Crippen molar-refractivity contribution in [2.45, 2.75) is 19.3 Å². The van der Waals surface area contributed by atoms with Gasteiger partial charge in [0.15, 0.2) is 0 Å². The van der Waals surface area contributed by atoms with Crippen molar-refractivity contribution in [3.8, 4) is 11.5 Å². The highest BCUT2D eigenvalue weighted by molar-refractivity contribution is 5.41. The molecule has 0 aromatic heterocycles. The topological polar surface area (TPSA) is 36.9 Å². The van der Waals surface area contributed by atoms with Crippen LogP contribution >= 0.6 is 0 Å². The Balaban J connectivity index is 1.90. The molecule has 0 unspecified atom stereocenters. The van der Waals surface area contributed by atoms with Crippen molar-refractivity contribution in [2.24, 2.45) is 0 Å². The van der Waals surface area contributed by atoms with Gasteiger partial charge in [-0.1, -0.05) is 50.3 Å². The maximum atomic E-state index is 5.71. The Morgan fingerprint density at radius 3 is 1.38 bits per heavy atom. The lowest BCUT2D eigenvalue weighted by molar-refractivity contribution is 0.121. The lowest BCUT2D eigenvalue weighted by Gasteiger charge is -2.26. The lowest BCUT2D eigenvalue weighted by Crippen LogP contribution is -2.18. The molecule has 2 aromatic carbocycles. The smallest absolute Gasteiger partial charge is 0.119 e. The average molecular weight is 397 g/mol. The van der Waals surface area contributed by atoms with Crippen LogP contribution in [0.25, 0.3) is 0 Å². The maximum absolute atomic E-state index is 5.71. The average Bonchev–Trinajstić information content (AvgIpc) is 2.74. The molecule has 4 heteroatoms. The van der Waals surface area contributed by atoms with Gasteiger partial charge in [-0.15, -0.1) is 13.2 Å². The molecule has 2 aromatic rings. The highest BCUT2D eigenvalue weighted by atomic mass is 16.5. The zero-order valence-electron chi connectivity index (χ0n) is 17.6. The minimum atomic E-state index is -0.128. The number of benzene rings is 2. The number of rotatable bonds is 14. The van der Waals surface area contributed by atoms with Gasteiger partial charge in [-0.25, -0.2) is 0 Å². The lowest BCUT2D eigenvalue weighted by atomic mass is 9.78. The number of ether oxygens (including phenoxy) is 4. The summed E-state index contributed by atoms with van der Waals surface area (Å²) in [5.74, 6) is 1.68. The Kier molecular flexibility index (Phi) is 9.48. The summed E-state index contributed by atoms with van der Waals surface area (Å²) in [6.45, 7) is 14.9. The Hall–Kier alpha value is -2.56. The van der Waals surface area contributed by atoms with E-state index in [0.717, 1.165) is 11.5 Å². The highest BCUT2D eigenvalue weighted by Crippen LogP contribution is 2.33. The van der Waals surface area contributed by atoms with Gasteiger partial charge < -0.3 is 18.9 Å². The van der Waals surface area contributed by atoms with Crippen molar-refractivity contribution in [2.75, 3.05) is 39.6 Å². The first kappa shape index (κ1) is 22.7. The van der Waals surface area contributed by atoms with Gasteiger partial charge in [-0.3, -0.25) is 0 Å². The molecule has 0 saturated heterocycles. The first-order valence-corrected chi connectivity index (χ1v) is 9.92. The Morgan fingerprint density at radius 1 is 0.655 bits per heavy atom. The van der Waals surface area contributed by atoms with Crippen molar-refractivity contribution < 1.29 is 18.9 Å². The van der Waals surface area contributed by atoms with Crippen LogP contribution in [0.5, 0.6) is 11.5 Å². The summed E-state index contributed by atoms with van der Waals surface area (Å²) < 4.78 is 22.1. The number of hydrogen-bond acceptors (Lipinski definition) is 4. The molecule has 0 heterocycles. The van der Waals surface area contributed by atoms with Gasteiger partial charge in [-0.2, -0.15) is 0 Å². The normalized spacial score (nSPS) is 11.1. The largest absolute Gasteiger partial charge is 0.491 e. The summed E-state index contributed by atoms with van der Waals surface area (Å²) in [4.78, 5) is 0. The predicted octanol–water partition coefficient (Wildman–Crippen LogP) is 5.18. The van der Waals surface area contributed by atoms with Crippen molar-refractivity contribution in [1.29, 1.82) is 0 Å². The van der Waals surface area contributed by atoms with Crippen LogP contribution in [0.15, 0.2) is 73.8 Å². The van der Waals surface area contributed by atoms with E-state index in [2.05, 4.69) is 51.3 Å². The van der Waals surface area contributed by atoms with Crippen LogP contribution < -0.4 is 9.47 Å². The van der Waals surface area contributed by atoms with Gasteiger partial charge in [0.2, 0.25) is 0 Å².